The maximum absolute atomic E-state index is 2.46. The normalized spacial score (nSPS) is 40.1. The molecule has 0 atom stereocenters. The van der Waals surface area contributed by atoms with Crippen molar-refractivity contribution in [2.75, 3.05) is 0 Å². The quantitative estimate of drug-likeness (QED) is 0.673. The Hall–Kier alpha value is -0.780. The molecule has 0 heterocycles. The summed E-state index contributed by atoms with van der Waals surface area (Å²) in [6.45, 7) is 4.58. The number of benzene rings is 1. The Bertz CT molecular complexity index is 430. The van der Waals surface area contributed by atoms with Gasteiger partial charge in [0.15, 0.2) is 0 Å². The minimum absolute atomic E-state index is 0.574. The van der Waals surface area contributed by atoms with Crippen LogP contribution >= 0.6 is 0 Å². The van der Waals surface area contributed by atoms with E-state index in [0.717, 1.165) is 17.8 Å². The summed E-state index contributed by atoms with van der Waals surface area (Å²) in [5, 5.41) is 0. The van der Waals surface area contributed by atoms with E-state index in [9.17, 15) is 0 Å². The van der Waals surface area contributed by atoms with E-state index < -0.39 is 0 Å². The molecule has 0 aliphatic heterocycles. The molecule has 0 heteroatoms. The van der Waals surface area contributed by atoms with Crippen LogP contribution < -0.4 is 0 Å². The summed E-state index contributed by atoms with van der Waals surface area (Å²) in [6.07, 6.45) is 9.09. The van der Waals surface area contributed by atoms with E-state index in [4.69, 9.17) is 0 Å². The van der Waals surface area contributed by atoms with Crippen molar-refractivity contribution in [3.8, 4) is 0 Å². The smallest absolute Gasteiger partial charge is 0.00391 e. The van der Waals surface area contributed by atoms with Gasteiger partial charge in [0.1, 0.15) is 0 Å². The van der Waals surface area contributed by atoms with Crippen LogP contribution in [0.5, 0.6) is 0 Å². The zero-order valence-electron chi connectivity index (χ0n) is 12.4. The predicted molar refractivity (Wildman–Crippen MR) is 80.4 cm³/mol. The highest BCUT2D eigenvalue weighted by Crippen LogP contribution is 2.60. The Labute approximate surface area is 117 Å². The average Bonchev–Trinajstić information content (AvgIpc) is 2.37. The van der Waals surface area contributed by atoms with Crippen molar-refractivity contribution >= 4 is 0 Å². The Morgan fingerprint density at radius 3 is 1.74 bits per heavy atom. The van der Waals surface area contributed by atoms with Crippen LogP contribution in [0, 0.1) is 17.8 Å². The van der Waals surface area contributed by atoms with E-state index >= 15 is 0 Å². The van der Waals surface area contributed by atoms with Gasteiger partial charge in [-0.1, -0.05) is 38.1 Å². The van der Waals surface area contributed by atoms with Crippen molar-refractivity contribution in [3.63, 3.8) is 0 Å². The van der Waals surface area contributed by atoms with Gasteiger partial charge >= 0.3 is 0 Å². The highest BCUT2D eigenvalue weighted by molar-refractivity contribution is 5.33. The SMILES string of the molecule is CC(C)c1ccc(C23CC4CC(CC(C4)C2)C3)cc1. The van der Waals surface area contributed by atoms with Gasteiger partial charge in [-0.25, -0.2) is 0 Å². The van der Waals surface area contributed by atoms with Crippen LogP contribution in [0.4, 0.5) is 0 Å². The van der Waals surface area contributed by atoms with Crippen LogP contribution in [0.15, 0.2) is 24.3 Å². The van der Waals surface area contributed by atoms with Gasteiger partial charge in [-0.3, -0.25) is 0 Å². The Morgan fingerprint density at radius 1 is 0.842 bits per heavy atom. The maximum atomic E-state index is 2.46. The average molecular weight is 254 g/mol. The van der Waals surface area contributed by atoms with Crippen molar-refractivity contribution in [3.05, 3.63) is 35.4 Å². The maximum Gasteiger partial charge on any atom is -0.00391 e. The number of hydrogen-bond donors (Lipinski definition) is 0. The third-order valence-electron chi connectivity index (χ3n) is 6.23. The molecule has 5 rings (SSSR count). The highest BCUT2D eigenvalue weighted by Gasteiger charge is 2.51. The molecule has 1 aromatic carbocycles. The molecule has 19 heavy (non-hydrogen) atoms. The van der Waals surface area contributed by atoms with Gasteiger partial charge in [0.25, 0.3) is 0 Å². The molecular weight excluding hydrogens is 228 g/mol. The van der Waals surface area contributed by atoms with E-state index in [2.05, 4.69) is 38.1 Å². The first-order chi connectivity index (χ1) is 9.14. The van der Waals surface area contributed by atoms with Gasteiger partial charge in [-0.05, 0) is 78.7 Å². The predicted octanol–water partition coefficient (Wildman–Crippen LogP) is 5.28. The molecule has 102 valence electrons. The van der Waals surface area contributed by atoms with E-state index in [1.165, 1.54) is 24.8 Å². The lowest BCUT2D eigenvalue weighted by Crippen LogP contribution is -2.48. The molecule has 4 bridgehead atoms. The second kappa shape index (κ2) is 4.11. The summed E-state index contributed by atoms with van der Waals surface area (Å²) in [5.41, 5.74) is 3.73. The van der Waals surface area contributed by atoms with Crippen molar-refractivity contribution in [2.45, 2.75) is 63.7 Å². The van der Waals surface area contributed by atoms with E-state index in [1.807, 2.05) is 0 Å². The largest absolute Gasteiger partial charge is 0.0587 e. The molecule has 0 unspecified atom stereocenters. The molecule has 4 saturated carbocycles. The summed E-state index contributed by atoms with van der Waals surface area (Å²) < 4.78 is 0. The molecule has 4 fully saturated rings. The fourth-order valence-corrected chi connectivity index (χ4v) is 5.69. The molecular formula is C19H26. The lowest BCUT2D eigenvalue weighted by Gasteiger charge is -2.57. The van der Waals surface area contributed by atoms with Crippen molar-refractivity contribution in [2.24, 2.45) is 17.8 Å². The minimum Gasteiger partial charge on any atom is -0.0587 e. The Kier molecular flexibility index (Phi) is 2.59. The summed E-state index contributed by atoms with van der Waals surface area (Å²) in [4.78, 5) is 0. The van der Waals surface area contributed by atoms with Gasteiger partial charge in [-0.15, -0.1) is 0 Å². The molecule has 4 aliphatic rings. The molecule has 0 aromatic heterocycles. The lowest BCUT2D eigenvalue weighted by atomic mass is 9.48. The lowest BCUT2D eigenvalue weighted by molar-refractivity contribution is -0.00519. The molecule has 4 aliphatic carbocycles. The second-order valence-electron chi connectivity index (χ2n) is 7.97. The Balaban J connectivity index is 1.67. The third kappa shape index (κ3) is 1.87. The van der Waals surface area contributed by atoms with Crippen LogP contribution in [-0.4, -0.2) is 0 Å². The standard InChI is InChI=1S/C19H26/c1-13(2)17-3-5-18(6-4-17)19-10-14-7-15(11-19)9-16(8-14)12-19/h3-6,13-16H,7-12H2,1-2H3. The van der Waals surface area contributed by atoms with Gasteiger partial charge in [0.2, 0.25) is 0 Å². The second-order valence-corrected chi connectivity index (χ2v) is 7.97. The highest BCUT2D eigenvalue weighted by atomic mass is 14.6. The van der Waals surface area contributed by atoms with Crippen molar-refractivity contribution in [1.29, 1.82) is 0 Å². The van der Waals surface area contributed by atoms with E-state index in [1.54, 1.807) is 24.8 Å². The third-order valence-corrected chi connectivity index (χ3v) is 6.23. The summed E-state index contributed by atoms with van der Waals surface area (Å²) >= 11 is 0. The van der Waals surface area contributed by atoms with Crippen molar-refractivity contribution < 1.29 is 0 Å². The summed E-state index contributed by atoms with van der Waals surface area (Å²) in [6, 6.07) is 9.70. The minimum atomic E-state index is 0.574. The first-order valence-corrected chi connectivity index (χ1v) is 8.25. The van der Waals surface area contributed by atoms with Gasteiger partial charge in [0, 0.05) is 0 Å². The molecule has 0 amide bonds. The van der Waals surface area contributed by atoms with Gasteiger partial charge in [-0.2, -0.15) is 0 Å². The molecule has 0 nitrogen and oxygen atoms in total. The van der Waals surface area contributed by atoms with E-state index in [0.29, 0.717) is 11.3 Å². The van der Waals surface area contributed by atoms with Crippen LogP contribution in [-0.2, 0) is 5.41 Å². The van der Waals surface area contributed by atoms with Crippen LogP contribution in [0.1, 0.15) is 69.4 Å². The summed E-state index contributed by atoms with van der Waals surface area (Å²) in [5.74, 6) is 3.81. The fourth-order valence-electron chi connectivity index (χ4n) is 5.69. The fraction of sp³-hybridized carbons (Fsp3) is 0.684. The van der Waals surface area contributed by atoms with Crippen LogP contribution in [0.3, 0.4) is 0 Å². The zero-order chi connectivity index (χ0) is 13.0. The first-order valence-electron chi connectivity index (χ1n) is 8.25. The van der Waals surface area contributed by atoms with Gasteiger partial charge < -0.3 is 0 Å². The van der Waals surface area contributed by atoms with Crippen molar-refractivity contribution in [1.82, 2.24) is 0 Å². The summed E-state index contributed by atoms with van der Waals surface area (Å²) in [7, 11) is 0. The number of rotatable bonds is 2. The van der Waals surface area contributed by atoms with Gasteiger partial charge in [0.05, 0.1) is 0 Å². The number of hydrogen-bond acceptors (Lipinski definition) is 0. The molecule has 0 radical (unpaired) electrons. The topological polar surface area (TPSA) is 0 Å². The first kappa shape index (κ1) is 12.0. The monoisotopic (exact) mass is 254 g/mol. The van der Waals surface area contributed by atoms with Crippen LogP contribution in [0.2, 0.25) is 0 Å². The van der Waals surface area contributed by atoms with E-state index in [-0.39, 0.29) is 0 Å². The Morgan fingerprint density at radius 2 is 1.32 bits per heavy atom. The van der Waals surface area contributed by atoms with Crippen LogP contribution in [0.25, 0.3) is 0 Å². The zero-order valence-corrected chi connectivity index (χ0v) is 12.4. The molecule has 0 N–H and O–H groups in total. The molecule has 1 aromatic rings. The molecule has 0 saturated heterocycles. The molecule has 0 spiro atoms.